The summed E-state index contributed by atoms with van der Waals surface area (Å²) in [4.78, 5) is 25.8. The molecule has 3 heterocycles. The van der Waals surface area contributed by atoms with Crippen molar-refractivity contribution in [2.24, 2.45) is 0 Å². The molecule has 1 aliphatic rings. The number of hydrogen-bond donors (Lipinski definition) is 1. The number of carbonyl (C=O) groups excluding carboxylic acids is 1. The first kappa shape index (κ1) is 19.8. The second-order valence-corrected chi connectivity index (χ2v) is 7.08. The summed E-state index contributed by atoms with van der Waals surface area (Å²) in [7, 11) is 0. The number of benzene rings is 1. The summed E-state index contributed by atoms with van der Waals surface area (Å²) in [6.07, 6.45) is 3.93. The molecule has 0 spiro atoms. The number of urea groups is 1. The fraction of sp³-hybridized carbons (Fsp3) is 0.318. The van der Waals surface area contributed by atoms with Crippen LogP contribution in [-0.4, -0.2) is 58.3 Å². The summed E-state index contributed by atoms with van der Waals surface area (Å²) in [6, 6.07) is 13.3. The van der Waals surface area contributed by atoms with Crippen LogP contribution in [0.1, 0.15) is 12.7 Å². The average molecular weight is 406 g/mol. The summed E-state index contributed by atoms with van der Waals surface area (Å²) in [5.41, 5.74) is 0.758. The molecule has 1 aromatic carbocycles. The summed E-state index contributed by atoms with van der Waals surface area (Å²) >= 11 is 0. The quantitative estimate of drug-likeness (QED) is 0.703. The number of ether oxygens (including phenoxy) is 1. The minimum absolute atomic E-state index is 0.0919. The molecule has 156 valence electrons. The summed E-state index contributed by atoms with van der Waals surface area (Å²) in [5, 5.41) is 2.96. The molecule has 1 fully saturated rings. The van der Waals surface area contributed by atoms with Gasteiger partial charge in [-0.05, 0) is 50.2 Å². The van der Waals surface area contributed by atoms with Crippen LogP contribution in [0.3, 0.4) is 0 Å². The van der Waals surface area contributed by atoms with Gasteiger partial charge in [-0.1, -0.05) is 0 Å². The highest BCUT2D eigenvalue weighted by Crippen LogP contribution is 2.19. The molecule has 3 aromatic rings. The fourth-order valence-electron chi connectivity index (χ4n) is 3.46. The van der Waals surface area contributed by atoms with Crippen LogP contribution in [0.15, 0.2) is 54.9 Å². The van der Waals surface area contributed by atoms with Gasteiger partial charge in [-0.3, -0.25) is 0 Å². The molecule has 8 heteroatoms. The van der Waals surface area contributed by atoms with Crippen molar-refractivity contribution in [1.82, 2.24) is 19.4 Å². The molecule has 4 rings (SSSR count). The van der Waals surface area contributed by atoms with Gasteiger partial charge in [0.25, 0.3) is 0 Å². The molecule has 1 saturated heterocycles. The normalized spacial score (nSPS) is 13.9. The molecule has 0 saturated carbocycles. The highest BCUT2D eigenvalue weighted by Gasteiger charge is 2.22. The molecule has 0 aliphatic carbocycles. The van der Waals surface area contributed by atoms with E-state index >= 15 is 0 Å². The third-order valence-electron chi connectivity index (χ3n) is 4.99. The van der Waals surface area contributed by atoms with Gasteiger partial charge in [0, 0.05) is 50.3 Å². The molecule has 0 radical (unpaired) electrons. The molecule has 2 aromatic heterocycles. The lowest BCUT2D eigenvalue weighted by molar-refractivity contribution is 0.208. The second-order valence-electron chi connectivity index (χ2n) is 7.08. The van der Waals surface area contributed by atoms with Crippen LogP contribution in [-0.2, 0) is 0 Å². The molecular formula is C22H26N6O2. The average Bonchev–Trinajstić information content (AvgIpc) is 3.30. The number of aromatic nitrogens is 3. The molecule has 1 N–H and O–H groups in total. The van der Waals surface area contributed by atoms with Crippen LogP contribution in [0, 0.1) is 6.92 Å². The Labute approximate surface area is 176 Å². The van der Waals surface area contributed by atoms with E-state index in [1.54, 1.807) is 0 Å². The van der Waals surface area contributed by atoms with E-state index in [4.69, 9.17) is 4.74 Å². The molecule has 30 heavy (non-hydrogen) atoms. The standard InChI is InChI=1S/C22H26N6O2/c1-3-30-19-8-6-18(7-9-19)25-22(29)28-14-12-27(13-15-28)21-16-20(23-17(2)24-21)26-10-4-5-11-26/h4-11,16H,3,12-15H2,1-2H3,(H,25,29). The van der Waals surface area contributed by atoms with Gasteiger partial charge >= 0.3 is 6.03 Å². The third kappa shape index (κ3) is 4.53. The Bertz CT molecular complexity index is 979. The van der Waals surface area contributed by atoms with Crippen molar-refractivity contribution >= 4 is 17.5 Å². The SMILES string of the molecule is CCOc1ccc(NC(=O)N2CCN(c3cc(-n4cccc4)nc(C)n3)CC2)cc1. The molecule has 2 amide bonds. The lowest BCUT2D eigenvalue weighted by atomic mass is 10.3. The van der Waals surface area contributed by atoms with Gasteiger partial charge in [0.05, 0.1) is 6.61 Å². The van der Waals surface area contributed by atoms with Gasteiger partial charge in [0.15, 0.2) is 0 Å². The molecule has 0 bridgehead atoms. The number of aryl methyl sites for hydroxylation is 1. The van der Waals surface area contributed by atoms with E-state index in [-0.39, 0.29) is 6.03 Å². The van der Waals surface area contributed by atoms with E-state index in [9.17, 15) is 4.79 Å². The zero-order chi connectivity index (χ0) is 20.9. The summed E-state index contributed by atoms with van der Waals surface area (Å²) in [5.74, 6) is 3.26. The molecule has 0 unspecified atom stereocenters. The van der Waals surface area contributed by atoms with E-state index in [2.05, 4.69) is 20.2 Å². The number of amides is 2. The second kappa shape index (κ2) is 8.86. The van der Waals surface area contributed by atoms with Crippen LogP contribution < -0.4 is 15.0 Å². The summed E-state index contributed by atoms with van der Waals surface area (Å²) < 4.78 is 7.41. The lowest BCUT2D eigenvalue weighted by Gasteiger charge is -2.35. The van der Waals surface area contributed by atoms with E-state index in [1.165, 1.54) is 0 Å². The largest absolute Gasteiger partial charge is 0.494 e. The number of rotatable bonds is 5. The smallest absolute Gasteiger partial charge is 0.321 e. The molecular weight excluding hydrogens is 380 g/mol. The van der Waals surface area contributed by atoms with Crippen molar-refractivity contribution in [3.05, 3.63) is 60.7 Å². The Morgan fingerprint density at radius 1 is 1.03 bits per heavy atom. The Balaban J connectivity index is 1.36. The predicted octanol–water partition coefficient (Wildman–Crippen LogP) is 3.33. The Hall–Kier alpha value is -3.55. The van der Waals surface area contributed by atoms with Crippen molar-refractivity contribution < 1.29 is 9.53 Å². The van der Waals surface area contributed by atoms with Gasteiger partial charge in [-0.15, -0.1) is 0 Å². The number of nitrogens with one attached hydrogen (secondary N) is 1. The monoisotopic (exact) mass is 406 g/mol. The number of nitrogens with zero attached hydrogens (tertiary/aromatic N) is 5. The van der Waals surface area contributed by atoms with Crippen LogP contribution in [0.4, 0.5) is 16.3 Å². The maximum atomic E-state index is 12.6. The highest BCUT2D eigenvalue weighted by molar-refractivity contribution is 5.89. The zero-order valence-electron chi connectivity index (χ0n) is 17.3. The Kier molecular flexibility index (Phi) is 5.83. The Morgan fingerprint density at radius 3 is 2.37 bits per heavy atom. The molecule has 0 atom stereocenters. The van der Waals surface area contributed by atoms with Gasteiger partial charge in [-0.2, -0.15) is 0 Å². The van der Waals surface area contributed by atoms with Crippen molar-refractivity contribution in [3.8, 4) is 11.6 Å². The summed E-state index contributed by atoms with van der Waals surface area (Å²) in [6.45, 7) is 7.16. The van der Waals surface area contributed by atoms with Crippen LogP contribution in [0.2, 0.25) is 0 Å². The fourth-order valence-corrected chi connectivity index (χ4v) is 3.46. The topological polar surface area (TPSA) is 75.5 Å². The van der Waals surface area contributed by atoms with Gasteiger partial charge in [0.2, 0.25) is 0 Å². The minimum Gasteiger partial charge on any atom is -0.494 e. The maximum Gasteiger partial charge on any atom is 0.321 e. The van der Waals surface area contributed by atoms with Crippen LogP contribution in [0.5, 0.6) is 5.75 Å². The number of piperazine rings is 1. The first-order valence-electron chi connectivity index (χ1n) is 10.1. The molecule has 1 aliphatic heterocycles. The van der Waals surface area contributed by atoms with Crippen molar-refractivity contribution in [2.45, 2.75) is 13.8 Å². The molecule has 8 nitrogen and oxygen atoms in total. The highest BCUT2D eigenvalue weighted by atomic mass is 16.5. The van der Waals surface area contributed by atoms with Gasteiger partial charge < -0.3 is 24.4 Å². The first-order valence-corrected chi connectivity index (χ1v) is 10.1. The van der Waals surface area contributed by atoms with E-state index in [1.807, 2.05) is 78.2 Å². The Morgan fingerprint density at radius 2 is 1.70 bits per heavy atom. The third-order valence-corrected chi connectivity index (χ3v) is 4.99. The van der Waals surface area contributed by atoms with Crippen LogP contribution >= 0.6 is 0 Å². The van der Waals surface area contributed by atoms with Crippen molar-refractivity contribution in [1.29, 1.82) is 0 Å². The first-order chi connectivity index (χ1) is 14.6. The van der Waals surface area contributed by atoms with E-state index < -0.39 is 0 Å². The maximum absolute atomic E-state index is 12.6. The number of anilines is 2. The lowest BCUT2D eigenvalue weighted by Crippen LogP contribution is -2.50. The van der Waals surface area contributed by atoms with Crippen molar-refractivity contribution in [2.75, 3.05) is 43.0 Å². The number of carbonyl (C=O) groups is 1. The van der Waals surface area contributed by atoms with Crippen molar-refractivity contribution in [3.63, 3.8) is 0 Å². The zero-order valence-corrected chi connectivity index (χ0v) is 17.3. The minimum atomic E-state index is -0.0919. The predicted molar refractivity (Wildman–Crippen MR) is 117 cm³/mol. The van der Waals surface area contributed by atoms with E-state index in [0.29, 0.717) is 19.7 Å². The van der Waals surface area contributed by atoms with E-state index in [0.717, 1.165) is 42.0 Å². The van der Waals surface area contributed by atoms with Gasteiger partial charge in [-0.25, -0.2) is 14.8 Å². The van der Waals surface area contributed by atoms with Gasteiger partial charge in [0.1, 0.15) is 23.2 Å². The van der Waals surface area contributed by atoms with Crippen LogP contribution in [0.25, 0.3) is 5.82 Å². The number of hydrogen-bond acceptors (Lipinski definition) is 5.